The lowest BCUT2D eigenvalue weighted by atomic mass is 10.00. The van der Waals surface area contributed by atoms with Crippen molar-refractivity contribution in [2.24, 2.45) is 5.73 Å². The van der Waals surface area contributed by atoms with Gasteiger partial charge in [-0.2, -0.15) is 0 Å². The quantitative estimate of drug-likeness (QED) is 0.843. The number of rotatable bonds is 3. The number of piperidine rings is 1. The second-order valence-electron chi connectivity index (χ2n) is 4.78. The van der Waals surface area contributed by atoms with E-state index >= 15 is 0 Å². The van der Waals surface area contributed by atoms with E-state index in [0.717, 1.165) is 13.1 Å². The molecule has 1 aromatic rings. The monoisotopic (exact) mass is 218 g/mol. The van der Waals surface area contributed by atoms with Gasteiger partial charge in [-0.05, 0) is 37.4 Å². The summed E-state index contributed by atoms with van der Waals surface area (Å²) >= 11 is 0. The van der Waals surface area contributed by atoms with Crippen molar-refractivity contribution in [3.05, 3.63) is 35.4 Å². The van der Waals surface area contributed by atoms with Crippen LogP contribution in [0.4, 0.5) is 0 Å². The summed E-state index contributed by atoms with van der Waals surface area (Å²) in [5.74, 6) is 0. The van der Waals surface area contributed by atoms with Crippen LogP contribution in [0.3, 0.4) is 0 Å². The first-order valence-corrected chi connectivity index (χ1v) is 6.30. The number of likely N-dealkylation sites (tertiary alicyclic amines) is 1. The van der Waals surface area contributed by atoms with E-state index in [2.05, 4.69) is 36.1 Å². The summed E-state index contributed by atoms with van der Waals surface area (Å²) in [4.78, 5) is 2.55. The van der Waals surface area contributed by atoms with Crippen LogP contribution in [-0.2, 0) is 6.54 Å². The lowest BCUT2D eigenvalue weighted by molar-refractivity contribution is 0.144. The lowest BCUT2D eigenvalue weighted by Crippen LogP contribution is -2.43. The van der Waals surface area contributed by atoms with Gasteiger partial charge in [-0.3, -0.25) is 4.90 Å². The van der Waals surface area contributed by atoms with Crippen LogP contribution < -0.4 is 5.73 Å². The Morgan fingerprint density at radius 2 is 2.12 bits per heavy atom. The SMILES string of the molecule is Cc1ccccc1CN1CCCCC1CN. The van der Waals surface area contributed by atoms with E-state index in [-0.39, 0.29) is 0 Å². The molecule has 1 aliphatic rings. The van der Waals surface area contributed by atoms with Crippen molar-refractivity contribution < 1.29 is 0 Å². The van der Waals surface area contributed by atoms with Crippen LogP contribution in [0, 0.1) is 6.92 Å². The molecule has 16 heavy (non-hydrogen) atoms. The molecule has 0 radical (unpaired) electrons. The Hall–Kier alpha value is -0.860. The molecule has 2 N–H and O–H groups in total. The minimum atomic E-state index is 0.591. The first-order valence-electron chi connectivity index (χ1n) is 6.30. The Balaban J connectivity index is 2.05. The highest BCUT2D eigenvalue weighted by Crippen LogP contribution is 2.20. The average Bonchev–Trinajstić information content (AvgIpc) is 2.33. The van der Waals surface area contributed by atoms with Crippen LogP contribution in [0.25, 0.3) is 0 Å². The second kappa shape index (κ2) is 5.46. The molecule has 2 rings (SSSR count). The fraction of sp³-hybridized carbons (Fsp3) is 0.571. The molecule has 0 spiro atoms. The van der Waals surface area contributed by atoms with Gasteiger partial charge in [0.1, 0.15) is 0 Å². The number of nitrogens with zero attached hydrogens (tertiary/aromatic N) is 1. The molecule has 1 atom stereocenters. The largest absolute Gasteiger partial charge is 0.329 e. The standard InChI is InChI=1S/C14H22N2/c1-12-6-2-3-7-13(12)11-16-9-5-4-8-14(16)10-15/h2-3,6-7,14H,4-5,8-11,15H2,1H3. The maximum absolute atomic E-state index is 5.84. The number of hydrogen-bond acceptors (Lipinski definition) is 2. The molecular weight excluding hydrogens is 196 g/mol. The van der Waals surface area contributed by atoms with Crippen LogP contribution in [0.5, 0.6) is 0 Å². The third-order valence-electron chi connectivity index (χ3n) is 3.66. The summed E-state index contributed by atoms with van der Waals surface area (Å²) in [7, 11) is 0. The zero-order chi connectivity index (χ0) is 11.4. The zero-order valence-corrected chi connectivity index (χ0v) is 10.2. The van der Waals surface area contributed by atoms with Crippen molar-refractivity contribution in [3.8, 4) is 0 Å². The molecule has 1 unspecified atom stereocenters. The molecule has 88 valence electrons. The molecule has 0 aliphatic carbocycles. The number of nitrogens with two attached hydrogens (primary N) is 1. The zero-order valence-electron chi connectivity index (χ0n) is 10.2. The van der Waals surface area contributed by atoms with Gasteiger partial charge in [0.25, 0.3) is 0 Å². The topological polar surface area (TPSA) is 29.3 Å². The summed E-state index contributed by atoms with van der Waals surface area (Å²) in [5.41, 5.74) is 8.68. The van der Waals surface area contributed by atoms with Gasteiger partial charge in [0, 0.05) is 19.1 Å². The van der Waals surface area contributed by atoms with Crippen LogP contribution in [-0.4, -0.2) is 24.0 Å². The third kappa shape index (κ3) is 2.63. The smallest absolute Gasteiger partial charge is 0.0239 e. The van der Waals surface area contributed by atoms with E-state index in [1.807, 2.05) is 0 Å². The van der Waals surface area contributed by atoms with Crippen molar-refractivity contribution in [2.45, 2.75) is 38.8 Å². The molecule has 2 nitrogen and oxygen atoms in total. The van der Waals surface area contributed by atoms with Crippen molar-refractivity contribution in [3.63, 3.8) is 0 Å². The molecule has 1 saturated heterocycles. The van der Waals surface area contributed by atoms with Crippen molar-refractivity contribution >= 4 is 0 Å². The van der Waals surface area contributed by atoms with Gasteiger partial charge in [0.2, 0.25) is 0 Å². The molecule has 0 saturated carbocycles. The van der Waals surface area contributed by atoms with Gasteiger partial charge < -0.3 is 5.73 Å². The average molecular weight is 218 g/mol. The van der Waals surface area contributed by atoms with Gasteiger partial charge in [0.15, 0.2) is 0 Å². The predicted octanol–water partition coefficient (Wildman–Crippen LogP) is 2.31. The van der Waals surface area contributed by atoms with Crippen LogP contribution >= 0.6 is 0 Å². The minimum absolute atomic E-state index is 0.591. The molecule has 2 heteroatoms. The second-order valence-corrected chi connectivity index (χ2v) is 4.78. The summed E-state index contributed by atoms with van der Waals surface area (Å²) in [6, 6.07) is 9.25. The van der Waals surface area contributed by atoms with Crippen LogP contribution in [0.2, 0.25) is 0 Å². The van der Waals surface area contributed by atoms with Crippen molar-refractivity contribution in [1.29, 1.82) is 0 Å². The molecule has 1 fully saturated rings. The Morgan fingerprint density at radius 1 is 1.31 bits per heavy atom. The van der Waals surface area contributed by atoms with E-state index in [1.165, 1.54) is 36.9 Å². The summed E-state index contributed by atoms with van der Waals surface area (Å²) in [6.45, 7) is 5.26. The highest BCUT2D eigenvalue weighted by atomic mass is 15.2. The number of benzene rings is 1. The number of aryl methyl sites for hydroxylation is 1. The van der Waals surface area contributed by atoms with Gasteiger partial charge in [-0.15, -0.1) is 0 Å². The van der Waals surface area contributed by atoms with E-state index in [0.29, 0.717) is 6.04 Å². The van der Waals surface area contributed by atoms with Gasteiger partial charge in [-0.1, -0.05) is 30.7 Å². The fourth-order valence-electron chi connectivity index (χ4n) is 2.54. The Kier molecular flexibility index (Phi) is 3.97. The summed E-state index contributed by atoms with van der Waals surface area (Å²) < 4.78 is 0. The highest BCUT2D eigenvalue weighted by Gasteiger charge is 2.21. The molecule has 1 aliphatic heterocycles. The van der Waals surface area contributed by atoms with Crippen molar-refractivity contribution in [1.82, 2.24) is 4.90 Å². The molecule has 1 aromatic carbocycles. The minimum Gasteiger partial charge on any atom is -0.329 e. The molecular formula is C14H22N2. The van der Waals surface area contributed by atoms with Crippen molar-refractivity contribution in [2.75, 3.05) is 13.1 Å². The van der Waals surface area contributed by atoms with E-state index in [9.17, 15) is 0 Å². The highest BCUT2D eigenvalue weighted by molar-refractivity contribution is 5.25. The number of hydrogen-bond donors (Lipinski definition) is 1. The van der Waals surface area contributed by atoms with E-state index < -0.39 is 0 Å². The maximum atomic E-state index is 5.84. The molecule has 0 bridgehead atoms. The Labute approximate surface area is 98.4 Å². The fourth-order valence-corrected chi connectivity index (χ4v) is 2.54. The molecule has 1 heterocycles. The van der Waals surface area contributed by atoms with E-state index in [4.69, 9.17) is 5.73 Å². The Bertz CT molecular complexity index is 335. The predicted molar refractivity (Wildman–Crippen MR) is 68.3 cm³/mol. The lowest BCUT2D eigenvalue weighted by Gasteiger charge is -2.35. The molecule has 0 amide bonds. The van der Waals surface area contributed by atoms with Gasteiger partial charge >= 0.3 is 0 Å². The normalized spacial score (nSPS) is 22.2. The van der Waals surface area contributed by atoms with Gasteiger partial charge in [0.05, 0.1) is 0 Å². The first-order chi connectivity index (χ1) is 7.81. The molecule has 0 aromatic heterocycles. The van der Waals surface area contributed by atoms with E-state index in [1.54, 1.807) is 0 Å². The van der Waals surface area contributed by atoms with Crippen LogP contribution in [0.15, 0.2) is 24.3 Å². The third-order valence-corrected chi connectivity index (χ3v) is 3.66. The summed E-state index contributed by atoms with van der Waals surface area (Å²) in [6.07, 6.45) is 3.93. The first kappa shape index (κ1) is 11.6. The Morgan fingerprint density at radius 3 is 2.88 bits per heavy atom. The van der Waals surface area contributed by atoms with Crippen LogP contribution in [0.1, 0.15) is 30.4 Å². The summed E-state index contributed by atoms with van der Waals surface area (Å²) in [5, 5.41) is 0. The maximum Gasteiger partial charge on any atom is 0.0239 e. The van der Waals surface area contributed by atoms with Gasteiger partial charge in [-0.25, -0.2) is 0 Å².